The van der Waals surface area contributed by atoms with E-state index < -0.39 is 0 Å². The van der Waals surface area contributed by atoms with Gasteiger partial charge in [0.1, 0.15) is 0 Å². The fraction of sp³-hybridized carbons (Fsp3) is 0.400. The summed E-state index contributed by atoms with van der Waals surface area (Å²) in [4.78, 5) is 11.0. The molecule has 0 spiro atoms. The third-order valence-corrected chi connectivity index (χ3v) is 3.62. The molecule has 0 bridgehead atoms. The largest absolute Gasteiger partial charge is 0.469 e. The Hall–Kier alpha value is -1.13. The zero-order valence-corrected chi connectivity index (χ0v) is 13.0. The number of esters is 1. The fourth-order valence-corrected chi connectivity index (χ4v) is 2.40. The van der Waals surface area contributed by atoms with E-state index in [1.807, 2.05) is 36.4 Å². The lowest BCUT2D eigenvalue weighted by molar-refractivity contribution is -0.139. The SMILES string of the molecule is COC(=O)C/C=C\[C@H](C)[C@@H](OC)c1ccccc1Br. The van der Waals surface area contributed by atoms with E-state index in [2.05, 4.69) is 27.6 Å². The van der Waals surface area contributed by atoms with E-state index in [4.69, 9.17) is 4.74 Å². The van der Waals surface area contributed by atoms with Crippen LogP contribution >= 0.6 is 15.9 Å². The van der Waals surface area contributed by atoms with Crippen LogP contribution in [-0.2, 0) is 14.3 Å². The topological polar surface area (TPSA) is 35.5 Å². The maximum absolute atomic E-state index is 11.0. The van der Waals surface area contributed by atoms with Crippen molar-refractivity contribution in [2.45, 2.75) is 19.4 Å². The number of hydrogen-bond acceptors (Lipinski definition) is 3. The third kappa shape index (κ3) is 4.80. The summed E-state index contributed by atoms with van der Waals surface area (Å²) in [6.45, 7) is 2.06. The predicted molar refractivity (Wildman–Crippen MR) is 78.8 cm³/mol. The molecule has 19 heavy (non-hydrogen) atoms. The second-order valence-corrected chi connectivity index (χ2v) is 5.10. The highest BCUT2D eigenvalue weighted by molar-refractivity contribution is 9.10. The molecule has 0 aliphatic carbocycles. The van der Waals surface area contributed by atoms with Crippen LogP contribution in [0.1, 0.15) is 25.0 Å². The minimum atomic E-state index is -0.238. The molecule has 4 heteroatoms. The van der Waals surface area contributed by atoms with Gasteiger partial charge in [-0.25, -0.2) is 0 Å². The first-order chi connectivity index (χ1) is 9.10. The number of benzene rings is 1. The molecule has 0 saturated carbocycles. The van der Waals surface area contributed by atoms with Gasteiger partial charge in [-0.1, -0.05) is 53.2 Å². The van der Waals surface area contributed by atoms with Crippen LogP contribution in [0.5, 0.6) is 0 Å². The third-order valence-electron chi connectivity index (χ3n) is 2.90. The van der Waals surface area contributed by atoms with Gasteiger partial charge in [-0.15, -0.1) is 0 Å². The first kappa shape index (κ1) is 15.9. The standard InChI is InChI=1S/C15H19BrO3/c1-11(7-6-10-14(17)18-2)15(19-3)12-8-4-5-9-13(12)16/h4-9,11,15H,10H2,1-3H3/b7-6-/t11-,15+/m0/s1. The van der Waals surface area contributed by atoms with Crippen molar-refractivity contribution in [1.29, 1.82) is 0 Å². The van der Waals surface area contributed by atoms with Crippen LogP contribution in [0.2, 0.25) is 0 Å². The highest BCUT2D eigenvalue weighted by Gasteiger charge is 2.18. The quantitative estimate of drug-likeness (QED) is 0.587. The van der Waals surface area contributed by atoms with Gasteiger partial charge in [0, 0.05) is 17.5 Å². The first-order valence-electron chi connectivity index (χ1n) is 6.10. The molecule has 1 aromatic carbocycles. The maximum Gasteiger partial charge on any atom is 0.309 e. The van der Waals surface area contributed by atoms with Gasteiger partial charge in [0.2, 0.25) is 0 Å². The van der Waals surface area contributed by atoms with Crippen LogP contribution in [0.4, 0.5) is 0 Å². The molecule has 0 aliphatic rings. The minimum absolute atomic E-state index is 0.0514. The summed E-state index contributed by atoms with van der Waals surface area (Å²) in [5.74, 6) is -0.0772. The summed E-state index contributed by atoms with van der Waals surface area (Å²) in [5.41, 5.74) is 1.10. The number of ether oxygens (including phenoxy) is 2. The van der Waals surface area contributed by atoms with E-state index in [9.17, 15) is 4.79 Å². The van der Waals surface area contributed by atoms with Crippen molar-refractivity contribution in [3.63, 3.8) is 0 Å². The summed E-state index contributed by atoms with van der Waals surface area (Å²) in [7, 11) is 3.08. The Balaban J connectivity index is 2.75. The second-order valence-electron chi connectivity index (χ2n) is 4.25. The van der Waals surface area contributed by atoms with Gasteiger partial charge in [-0.3, -0.25) is 4.79 Å². The molecule has 0 radical (unpaired) electrons. The van der Waals surface area contributed by atoms with E-state index in [-0.39, 0.29) is 24.4 Å². The van der Waals surface area contributed by atoms with E-state index in [0.717, 1.165) is 10.0 Å². The van der Waals surface area contributed by atoms with Gasteiger partial charge in [0.15, 0.2) is 0 Å². The van der Waals surface area contributed by atoms with Crippen LogP contribution in [-0.4, -0.2) is 20.2 Å². The van der Waals surface area contributed by atoms with Crippen molar-refractivity contribution in [1.82, 2.24) is 0 Å². The smallest absolute Gasteiger partial charge is 0.309 e. The lowest BCUT2D eigenvalue weighted by Gasteiger charge is -2.21. The molecular weight excluding hydrogens is 308 g/mol. The van der Waals surface area contributed by atoms with Gasteiger partial charge in [-0.2, -0.15) is 0 Å². The van der Waals surface area contributed by atoms with Gasteiger partial charge in [-0.05, 0) is 11.6 Å². The van der Waals surface area contributed by atoms with Crippen LogP contribution in [0.3, 0.4) is 0 Å². The van der Waals surface area contributed by atoms with E-state index in [1.54, 1.807) is 7.11 Å². The Labute approximate surface area is 122 Å². The van der Waals surface area contributed by atoms with Gasteiger partial charge >= 0.3 is 5.97 Å². The van der Waals surface area contributed by atoms with Crippen LogP contribution in [0, 0.1) is 5.92 Å². The normalized spacial score (nSPS) is 14.3. The van der Waals surface area contributed by atoms with Gasteiger partial charge < -0.3 is 9.47 Å². The lowest BCUT2D eigenvalue weighted by Crippen LogP contribution is -2.11. The van der Waals surface area contributed by atoms with E-state index >= 15 is 0 Å². The monoisotopic (exact) mass is 326 g/mol. The molecule has 104 valence electrons. The molecule has 1 rings (SSSR count). The summed E-state index contributed by atoms with van der Waals surface area (Å²) in [5, 5.41) is 0. The molecule has 1 aromatic rings. The number of hydrogen-bond donors (Lipinski definition) is 0. The molecule has 0 amide bonds. The molecule has 0 saturated heterocycles. The summed E-state index contributed by atoms with van der Waals surface area (Å²) < 4.78 is 11.2. The molecule has 0 fully saturated rings. The molecular formula is C15H19BrO3. The van der Waals surface area contributed by atoms with Crippen LogP contribution in [0.15, 0.2) is 40.9 Å². The number of carbonyl (C=O) groups is 1. The predicted octanol–water partition coefficient (Wildman–Crippen LogP) is 3.89. The van der Waals surface area contributed by atoms with Crippen molar-refractivity contribution in [3.05, 3.63) is 46.5 Å². The molecule has 2 atom stereocenters. The van der Waals surface area contributed by atoms with Crippen molar-refractivity contribution in [3.8, 4) is 0 Å². The number of methoxy groups -OCH3 is 2. The first-order valence-corrected chi connectivity index (χ1v) is 6.90. The summed E-state index contributed by atoms with van der Waals surface area (Å²) >= 11 is 3.53. The summed E-state index contributed by atoms with van der Waals surface area (Å²) in [6.07, 6.45) is 4.03. The molecule has 0 unspecified atom stereocenters. The van der Waals surface area contributed by atoms with Crippen molar-refractivity contribution >= 4 is 21.9 Å². The zero-order chi connectivity index (χ0) is 14.3. The number of carbonyl (C=O) groups excluding carboxylic acids is 1. The maximum atomic E-state index is 11.0. The molecule has 3 nitrogen and oxygen atoms in total. The van der Waals surface area contributed by atoms with E-state index in [0.29, 0.717) is 0 Å². The highest BCUT2D eigenvalue weighted by Crippen LogP contribution is 2.31. The molecule has 0 N–H and O–H groups in total. The van der Waals surface area contributed by atoms with Crippen molar-refractivity contribution in [2.75, 3.05) is 14.2 Å². The van der Waals surface area contributed by atoms with Crippen molar-refractivity contribution in [2.24, 2.45) is 5.92 Å². The Morgan fingerprint density at radius 3 is 2.63 bits per heavy atom. The lowest BCUT2D eigenvalue weighted by atomic mass is 9.96. The second kappa shape index (κ2) is 8.12. The average Bonchev–Trinajstić information content (AvgIpc) is 2.41. The summed E-state index contributed by atoms with van der Waals surface area (Å²) in [6, 6.07) is 7.98. The average molecular weight is 327 g/mol. The molecule has 0 heterocycles. The Kier molecular flexibility index (Phi) is 6.81. The zero-order valence-electron chi connectivity index (χ0n) is 11.4. The Morgan fingerprint density at radius 1 is 1.37 bits per heavy atom. The highest BCUT2D eigenvalue weighted by atomic mass is 79.9. The van der Waals surface area contributed by atoms with Crippen LogP contribution in [0.25, 0.3) is 0 Å². The fourth-order valence-electron chi connectivity index (χ4n) is 1.89. The van der Waals surface area contributed by atoms with Crippen molar-refractivity contribution < 1.29 is 14.3 Å². The van der Waals surface area contributed by atoms with E-state index in [1.165, 1.54) is 7.11 Å². The number of halogens is 1. The molecule has 0 aromatic heterocycles. The van der Waals surface area contributed by atoms with Gasteiger partial charge in [0.25, 0.3) is 0 Å². The minimum Gasteiger partial charge on any atom is -0.469 e. The Morgan fingerprint density at radius 2 is 2.05 bits per heavy atom. The van der Waals surface area contributed by atoms with Gasteiger partial charge in [0.05, 0.1) is 19.6 Å². The molecule has 0 aliphatic heterocycles. The Bertz CT molecular complexity index is 443. The van der Waals surface area contributed by atoms with Crippen LogP contribution < -0.4 is 0 Å². The number of rotatable bonds is 6.